The first kappa shape index (κ1) is 18.7. The van der Waals surface area contributed by atoms with Crippen molar-refractivity contribution < 1.29 is 19.1 Å². The molecule has 0 aliphatic rings. The number of carbonyl (C=O) groups excluding carboxylic acids is 1. The van der Waals surface area contributed by atoms with Gasteiger partial charge in [-0.15, -0.1) is 11.3 Å². The van der Waals surface area contributed by atoms with Crippen LogP contribution in [0.25, 0.3) is 10.6 Å². The zero-order valence-electron chi connectivity index (χ0n) is 14.3. The Labute approximate surface area is 159 Å². The summed E-state index contributed by atoms with van der Waals surface area (Å²) < 4.78 is 13.8. The molecule has 0 radical (unpaired) electrons. The van der Waals surface area contributed by atoms with Crippen LogP contribution in [0.4, 0.5) is 4.39 Å². The van der Waals surface area contributed by atoms with E-state index in [2.05, 4.69) is 10.3 Å². The highest BCUT2D eigenvalue weighted by Crippen LogP contribution is 2.26. The minimum absolute atomic E-state index is 0.0660. The minimum atomic E-state index is -1.10. The van der Waals surface area contributed by atoms with Gasteiger partial charge in [0.05, 0.1) is 12.1 Å². The Balaban J connectivity index is 1.64. The maximum Gasteiger partial charge on any atom is 0.326 e. The lowest BCUT2D eigenvalue weighted by atomic mass is 10.1. The highest BCUT2D eigenvalue weighted by molar-refractivity contribution is 7.13. The number of aliphatic carboxylic acids is 1. The number of carbonyl (C=O) groups is 2. The summed E-state index contributed by atoms with van der Waals surface area (Å²) in [5.41, 5.74) is 1.67. The first-order valence-electron chi connectivity index (χ1n) is 8.28. The zero-order valence-corrected chi connectivity index (χ0v) is 15.1. The van der Waals surface area contributed by atoms with E-state index >= 15 is 0 Å². The van der Waals surface area contributed by atoms with Gasteiger partial charge in [-0.2, -0.15) is 0 Å². The third kappa shape index (κ3) is 4.98. The maximum atomic E-state index is 13.8. The number of hydrogen-bond acceptors (Lipinski definition) is 4. The van der Waals surface area contributed by atoms with Crippen LogP contribution >= 0.6 is 11.3 Å². The first-order chi connectivity index (χ1) is 13.0. The van der Waals surface area contributed by atoms with Crippen molar-refractivity contribution in [2.45, 2.75) is 18.9 Å². The summed E-state index contributed by atoms with van der Waals surface area (Å²) in [5.74, 6) is -1.92. The highest BCUT2D eigenvalue weighted by atomic mass is 32.1. The number of carboxylic acid groups (broad SMARTS) is 1. The van der Waals surface area contributed by atoms with Crippen molar-refractivity contribution in [2.75, 3.05) is 0 Å². The topological polar surface area (TPSA) is 79.3 Å². The number of rotatable bonds is 7. The predicted molar refractivity (Wildman–Crippen MR) is 101 cm³/mol. The van der Waals surface area contributed by atoms with Gasteiger partial charge in [0.15, 0.2) is 0 Å². The summed E-state index contributed by atoms with van der Waals surface area (Å²) in [6.07, 6.45) is 0.128. The lowest BCUT2D eigenvalue weighted by Crippen LogP contribution is -2.43. The van der Waals surface area contributed by atoms with Crippen LogP contribution in [0.2, 0.25) is 0 Å². The number of aromatic nitrogens is 1. The molecule has 1 amide bonds. The van der Waals surface area contributed by atoms with Crippen LogP contribution in [-0.2, 0) is 22.4 Å². The summed E-state index contributed by atoms with van der Waals surface area (Å²) in [6.45, 7) is 0. The second-order valence-electron chi connectivity index (χ2n) is 5.95. The fourth-order valence-corrected chi connectivity index (χ4v) is 3.45. The molecule has 138 valence electrons. The van der Waals surface area contributed by atoms with Gasteiger partial charge >= 0.3 is 5.97 Å². The van der Waals surface area contributed by atoms with E-state index in [1.807, 2.05) is 30.3 Å². The third-order valence-electron chi connectivity index (χ3n) is 3.91. The third-order valence-corrected chi connectivity index (χ3v) is 4.84. The molecule has 5 nitrogen and oxygen atoms in total. The van der Waals surface area contributed by atoms with E-state index < -0.39 is 17.9 Å². The van der Waals surface area contributed by atoms with Crippen molar-refractivity contribution in [2.24, 2.45) is 0 Å². The minimum Gasteiger partial charge on any atom is -0.480 e. The Morgan fingerprint density at radius 2 is 1.81 bits per heavy atom. The van der Waals surface area contributed by atoms with Gasteiger partial charge in [0.2, 0.25) is 5.91 Å². The Hall–Kier alpha value is -3.06. The number of thiazole rings is 1. The largest absolute Gasteiger partial charge is 0.480 e. The molecule has 1 heterocycles. The summed E-state index contributed by atoms with van der Waals surface area (Å²) in [5, 5.41) is 14.0. The molecule has 0 fully saturated rings. The van der Waals surface area contributed by atoms with Crippen molar-refractivity contribution in [3.05, 3.63) is 77.1 Å². The van der Waals surface area contributed by atoms with Crippen molar-refractivity contribution in [1.82, 2.24) is 10.3 Å². The lowest BCUT2D eigenvalue weighted by Gasteiger charge is -2.14. The van der Waals surface area contributed by atoms with Gasteiger partial charge in [0.1, 0.15) is 16.9 Å². The Morgan fingerprint density at radius 3 is 2.52 bits per heavy atom. The molecule has 3 rings (SSSR count). The maximum absolute atomic E-state index is 13.8. The predicted octanol–water partition coefficient (Wildman–Crippen LogP) is 3.30. The van der Waals surface area contributed by atoms with Crippen LogP contribution in [0.15, 0.2) is 60.0 Å². The van der Waals surface area contributed by atoms with Crippen molar-refractivity contribution in [3.63, 3.8) is 0 Å². The molecule has 7 heteroatoms. The van der Waals surface area contributed by atoms with Crippen molar-refractivity contribution in [1.29, 1.82) is 0 Å². The molecule has 1 atom stereocenters. The molecule has 2 N–H and O–H groups in total. The molecule has 0 saturated heterocycles. The van der Waals surface area contributed by atoms with Crippen LogP contribution in [0.3, 0.4) is 0 Å². The van der Waals surface area contributed by atoms with E-state index in [-0.39, 0.29) is 18.7 Å². The van der Waals surface area contributed by atoms with Gasteiger partial charge in [-0.3, -0.25) is 4.79 Å². The first-order valence-corrected chi connectivity index (χ1v) is 9.16. The molecular formula is C20H17FN2O3S. The summed E-state index contributed by atoms with van der Waals surface area (Å²) in [6, 6.07) is 14.4. The van der Waals surface area contributed by atoms with Gasteiger partial charge in [-0.1, -0.05) is 42.5 Å². The molecule has 3 aromatic rings. The molecule has 0 spiro atoms. The fraction of sp³-hybridized carbons (Fsp3) is 0.150. The summed E-state index contributed by atoms with van der Waals surface area (Å²) in [4.78, 5) is 28.0. The van der Waals surface area contributed by atoms with E-state index in [9.17, 15) is 19.1 Å². The van der Waals surface area contributed by atoms with E-state index in [0.29, 0.717) is 16.3 Å². The molecule has 0 aliphatic carbocycles. The fourth-order valence-electron chi connectivity index (χ4n) is 2.61. The Kier molecular flexibility index (Phi) is 5.93. The second kappa shape index (κ2) is 8.55. The van der Waals surface area contributed by atoms with E-state index in [1.54, 1.807) is 23.6 Å². The van der Waals surface area contributed by atoms with E-state index in [0.717, 1.165) is 5.56 Å². The molecule has 2 aromatic carbocycles. The van der Waals surface area contributed by atoms with Crippen molar-refractivity contribution >= 4 is 23.2 Å². The monoisotopic (exact) mass is 384 g/mol. The van der Waals surface area contributed by atoms with Crippen LogP contribution in [-0.4, -0.2) is 28.0 Å². The van der Waals surface area contributed by atoms with Crippen molar-refractivity contribution in [3.8, 4) is 10.6 Å². The van der Waals surface area contributed by atoms with Crippen LogP contribution in [0, 0.1) is 5.82 Å². The van der Waals surface area contributed by atoms with E-state index in [1.165, 1.54) is 17.4 Å². The molecule has 27 heavy (non-hydrogen) atoms. The van der Waals surface area contributed by atoms with Gasteiger partial charge in [-0.05, 0) is 17.7 Å². The number of nitrogens with zero attached hydrogens (tertiary/aromatic N) is 1. The number of amides is 1. The molecule has 0 bridgehead atoms. The molecule has 0 saturated carbocycles. The van der Waals surface area contributed by atoms with Gasteiger partial charge in [0.25, 0.3) is 0 Å². The van der Waals surface area contributed by atoms with E-state index in [4.69, 9.17) is 0 Å². The number of nitrogens with one attached hydrogen (secondary N) is 1. The molecular weight excluding hydrogens is 367 g/mol. The Bertz CT molecular complexity index is 943. The highest BCUT2D eigenvalue weighted by Gasteiger charge is 2.21. The summed E-state index contributed by atoms with van der Waals surface area (Å²) in [7, 11) is 0. The zero-order chi connectivity index (χ0) is 19.2. The van der Waals surface area contributed by atoms with Crippen LogP contribution < -0.4 is 5.32 Å². The molecule has 0 unspecified atom stereocenters. The van der Waals surface area contributed by atoms with Gasteiger partial charge in [-0.25, -0.2) is 14.2 Å². The second-order valence-corrected chi connectivity index (χ2v) is 6.81. The lowest BCUT2D eigenvalue weighted by molar-refractivity contribution is -0.141. The number of carboxylic acids is 1. The molecule has 1 aromatic heterocycles. The normalized spacial score (nSPS) is 11.7. The van der Waals surface area contributed by atoms with Crippen LogP contribution in [0.5, 0.6) is 0 Å². The van der Waals surface area contributed by atoms with Gasteiger partial charge < -0.3 is 10.4 Å². The standard InChI is InChI=1S/C20H17FN2O3S/c21-16-9-5-4-8-15(16)19-22-14(12-27-19)11-18(24)23-17(20(25)26)10-13-6-2-1-3-7-13/h1-9,12,17H,10-11H2,(H,23,24)(H,25,26)/t17-/m0/s1. The molecule has 0 aliphatic heterocycles. The number of benzene rings is 2. The van der Waals surface area contributed by atoms with Gasteiger partial charge in [0, 0.05) is 17.4 Å². The number of halogens is 1. The smallest absolute Gasteiger partial charge is 0.326 e. The average molecular weight is 384 g/mol. The quantitative estimate of drug-likeness (QED) is 0.655. The Morgan fingerprint density at radius 1 is 1.11 bits per heavy atom. The SMILES string of the molecule is O=C(Cc1csc(-c2ccccc2F)n1)N[C@@H](Cc1ccccc1)C(=O)O. The average Bonchev–Trinajstić information content (AvgIpc) is 3.10. The van der Waals surface area contributed by atoms with Crippen LogP contribution in [0.1, 0.15) is 11.3 Å². The summed E-state index contributed by atoms with van der Waals surface area (Å²) >= 11 is 1.24. The number of hydrogen-bond donors (Lipinski definition) is 2.